The molecule has 0 saturated carbocycles. The molecule has 1 N–H and O–H groups in total. The number of fused-ring (bicyclic) bond motifs is 1. The Kier molecular flexibility index (Phi) is 6.48. The summed E-state index contributed by atoms with van der Waals surface area (Å²) in [6.45, 7) is 8.62. The molecule has 9 heteroatoms. The number of thiophene rings is 1. The molecule has 1 atom stereocenters. The lowest BCUT2D eigenvalue weighted by Crippen LogP contribution is -2.26. The quantitative estimate of drug-likeness (QED) is 0.310. The normalized spacial score (nSPS) is 16.3. The van der Waals surface area contributed by atoms with Crippen LogP contribution in [-0.2, 0) is 12.8 Å². The van der Waals surface area contributed by atoms with Crippen LogP contribution in [0.1, 0.15) is 54.7 Å². The fourth-order valence-corrected chi connectivity index (χ4v) is 6.41. The molecule has 0 amide bonds. The summed E-state index contributed by atoms with van der Waals surface area (Å²) in [5.74, 6) is 1.16. The van der Waals surface area contributed by atoms with Crippen molar-refractivity contribution in [1.29, 1.82) is 5.26 Å². The Hall–Kier alpha value is -2.15. The molecule has 3 heterocycles. The fraction of sp³-hybridized carbons (Fsp3) is 0.391. The van der Waals surface area contributed by atoms with E-state index in [1.807, 2.05) is 6.07 Å². The van der Waals surface area contributed by atoms with Crippen molar-refractivity contribution >= 4 is 50.2 Å². The first-order valence-electron chi connectivity index (χ1n) is 10.3. The number of H-pyrrole nitrogens is 1. The number of aromatic nitrogens is 2. The Morgan fingerprint density at radius 2 is 2.22 bits per heavy atom. The Morgan fingerprint density at radius 1 is 1.44 bits per heavy atom. The third-order valence-corrected chi connectivity index (χ3v) is 8.49. The Balaban J connectivity index is 1.57. The van der Waals surface area contributed by atoms with Crippen molar-refractivity contribution in [2.45, 2.75) is 57.2 Å². The van der Waals surface area contributed by atoms with Gasteiger partial charge in [0.05, 0.1) is 16.3 Å². The van der Waals surface area contributed by atoms with E-state index in [1.54, 1.807) is 24.5 Å². The number of hydrogen-bond donors (Lipinski definition) is 1. The molecular formula is C23H23BrN4O2S2. The van der Waals surface area contributed by atoms with Crippen molar-refractivity contribution < 1.29 is 4.42 Å². The molecule has 4 rings (SSSR count). The topological polar surface area (TPSA) is 95.0 Å². The third-order valence-electron chi connectivity index (χ3n) is 5.60. The van der Waals surface area contributed by atoms with Gasteiger partial charge in [-0.05, 0) is 70.8 Å². The number of nitrogens with one attached hydrogen (secondary N) is 1. The molecule has 0 fully saturated rings. The van der Waals surface area contributed by atoms with E-state index in [9.17, 15) is 10.1 Å². The Morgan fingerprint density at radius 3 is 2.91 bits per heavy atom. The van der Waals surface area contributed by atoms with Crippen molar-refractivity contribution in [3.05, 3.63) is 54.4 Å². The van der Waals surface area contributed by atoms with Crippen molar-refractivity contribution in [3.8, 4) is 6.07 Å². The van der Waals surface area contributed by atoms with Crippen LogP contribution in [0.15, 0.2) is 41.1 Å². The van der Waals surface area contributed by atoms with Gasteiger partial charge in [-0.25, -0.2) is 9.98 Å². The first kappa shape index (κ1) is 23.0. The van der Waals surface area contributed by atoms with Crippen LogP contribution < -0.4 is 5.56 Å². The summed E-state index contributed by atoms with van der Waals surface area (Å²) in [6.07, 6.45) is 4.68. The molecule has 3 aromatic heterocycles. The Labute approximate surface area is 203 Å². The van der Waals surface area contributed by atoms with Gasteiger partial charge in [-0.1, -0.05) is 20.8 Å². The number of aromatic amines is 1. The molecular weight excluding hydrogens is 508 g/mol. The van der Waals surface area contributed by atoms with Crippen molar-refractivity contribution in [2.75, 3.05) is 0 Å². The van der Waals surface area contributed by atoms with E-state index in [1.165, 1.54) is 22.7 Å². The van der Waals surface area contributed by atoms with Gasteiger partial charge in [0.2, 0.25) is 0 Å². The van der Waals surface area contributed by atoms with Crippen molar-refractivity contribution in [1.82, 2.24) is 9.97 Å². The minimum absolute atomic E-state index is 0.205. The lowest BCUT2D eigenvalue weighted by atomic mass is 9.72. The molecule has 0 bridgehead atoms. The van der Waals surface area contributed by atoms with Gasteiger partial charge >= 0.3 is 0 Å². The van der Waals surface area contributed by atoms with Crippen LogP contribution in [0.2, 0.25) is 0 Å². The smallest absolute Gasteiger partial charge is 0.251 e. The number of hydrogen-bond acceptors (Lipinski definition) is 7. The SMILES string of the molecule is Cc1cc(=O)[nH]c(Sc2oc(C=Nc3sc4c(c3C#N)CC[C@H](C(C)(C)C)C4)cc2Br)n1. The van der Waals surface area contributed by atoms with Crippen LogP contribution >= 0.6 is 39.0 Å². The van der Waals surface area contributed by atoms with E-state index in [0.717, 1.165) is 34.3 Å². The van der Waals surface area contributed by atoms with E-state index < -0.39 is 0 Å². The van der Waals surface area contributed by atoms with E-state index in [-0.39, 0.29) is 11.0 Å². The maximum Gasteiger partial charge on any atom is 0.251 e. The fourth-order valence-electron chi connectivity index (χ4n) is 3.83. The number of furan rings is 1. The number of nitrogens with zero attached hydrogens (tertiary/aromatic N) is 3. The maximum atomic E-state index is 11.7. The molecule has 32 heavy (non-hydrogen) atoms. The molecule has 1 aliphatic rings. The summed E-state index contributed by atoms with van der Waals surface area (Å²) in [7, 11) is 0. The number of halogens is 1. The van der Waals surface area contributed by atoms with Crippen LogP contribution in [0.4, 0.5) is 5.00 Å². The van der Waals surface area contributed by atoms with Gasteiger partial charge in [0, 0.05) is 22.7 Å². The molecule has 0 aliphatic heterocycles. The van der Waals surface area contributed by atoms with Gasteiger partial charge in [-0.3, -0.25) is 4.79 Å². The molecule has 166 valence electrons. The summed E-state index contributed by atoms with van der Waals surface area (Å²) in [6, 6.07) is 5.62. The van der Waals surface area contributed by atoms with E-state index in [4.69, 9.17) is 4.42 Å². The highest BCUT2D eigenvalue weighted by molar-refractivity contribution is 9.10. The monoisotopic (exact) mass is 530 g/mol. The zero-order valence-corrected chi connectivity index (χ0v) is 21.5. The zero-order valence-electron chi connectivity index (χ0n) is 18.3. The summed E-state index contributed by atoms with van der Waals surface area (Å²) < 4.78 is 6.63. The predicted octanol–water partition coefficient (Wildman–Crippen LogP) is 6.42. The van der Waals surface area contributed by atoms with Gasteiger partial charge in [0.25, 0.3) is 5.56 Å². The average Bonchev–Trinajstić information content (AvgIpc) is 3.23. The largest absolute Gasteiger partial charge is 0.447 e. The van der Waals surface area contributed by atoms with Crippen LogP contribution in [0.5, 0.6) is 0 Å². The highest BCUT2D eigenvalue weighted by atomic mass is 79.9. The second-order valence-corrected chi connectivity index (χ2v) is 11.8. The number of aliphatic imine (C=N–C) groups is 1. The maximum absolute atomic E-state index is 11.7. The number of rotatable bonds is 4. The third kappa shape index (κ3) is 4.92. The van der Waals surface area contributed by atoms with Crippen LogP contribution in [-0.4, -0.2) is 16.2 Å². The molecule has 0 spiro atoms. The summed E-state index contributed by atoms with van der Waals surface area (Å²) in [4.78, 5) is 24.6. The first-order chi connectivity index (χ1) is 15.1. The lowest BCUT2D eigenvalue weighted by Gasteiger charge is -2.33. The highest BCUT2D eigenvalue weighted by Gasteiger charge is 2.32. The van der Waals surface area contributed by atoms with Crippen LogP contribution in [0.25, 0.3) is 0 Å². The standard InChI is InChI=1S/C23H23BrN4O2S2/c1-12-7-19(29)28-22(27-12)32-21-17(24)9-14(30-21)11-26-20-16(10-25)15-6-5-13(23(2,3)4)8-18(15)31-20/h7,9,11,13H,5-6,8H2,1-4H3,(H,27,28,29)/t13-/m0/s1. The Bertz CT molecular complexity index is 1290. The molecule has 0 saturated heterocycles. The predicted molar refractivity (Wildman–Crippen MR) is 131 cm³/mol. The zero-order chi connectivity index (χ0) is 23.0. The van der Waals surface area contributed by atoms with Gasteiger partial charge in [0.15, 0.2) is 10.2 Å². The van der Waals surface area contributed by atoms with Gasteiger partial charge < -0.3 is 9.40 Å². The molecule has 1 aliphatic carbocycles. The summed E-state index contributed by atoms with van der Waals surface area (Å²) in [5.41, 5.74) is 2.54. The lowest BCUT2D eigenvalue weighted by molar-refractivity contribution is 0.218. The first-order valence-corrected chi connectivity index (χ1v) is 12.7. The number of nitriles is 1. The summed E-state index contributed by atoms with van der Waals surface area (Å²) >= 11 is 6.33. The van der Waals surface area contributed by atoms with Crippen molar-refractivity contribution in [3.63, 3.8) is 0 Å². The van der Waals surface area contributed by atoms with Crippen LogP contribution in [0, 0.1) is 29.6 Å². The second kappa shape index (κ2) is 9.00. The molecule has 0 radical (unpaired) electrons. The minimum Gasteiger partial charge on any atom is -0.447 e. The van der Waals surface area contributed by atoms with E-state index >= 15 is 0 Å². The van der Waals surface area contributed by atoms with Crippen LogP contribution in [0.3, 0.4) is 0 Å². The van der Waals surface area contributed by atoms with Gasteiger partial charge in [-0.15, -0.1) is 11.3 Å². The average molecular weight is 532 g/mol. The summed E-state index contributed by atoms with van der Waals surface area (Å²) in [5, 5.41) is 11.5. The molecule has 0 aromatic carbocycles. The van der Waals surface area contributed by atoms with E-state index in [2.05, 4.69) is 57.7 Å². The molecule has 3 aromatic rings. The molecule has 6 nitrogen and oxygen atoms in total. The number of aryl methyl sites for hydroxylation is 1. The van der Waals surface area contributed by atoms with Gasteiger partial charge in [-0.2, -0.15) is 5.26 Å². The van der Waals surface area contributed by atoms with Crippen molar-refractivity contribution in [2.24, 2.45) is 16.3 Å². The second-order valence-electron chi connectivity index (χ2n) is 8.94. The minimum atomic E-state index is -0.205. The van der Waals surface area contributed by atoms with E-state index in [0.29, 0.717) is 33.2 Å². The highest BCUT2D eigenvalue weighted by Crippen LogP contribution is 2.45. The molecule has 0 unspecified atom stereocenters. The van der Waals surface area contributed by atoms with Gasteiger partial charge in [0.1, 0.15) is 16.8 Å².